The quantitative estimate of drug-likeness (QED) is 0.820. The molecule has 1 amide bonds. The average Bonchev–Trinajstić information content (AvgIpc) is 2.24. The fraction of sp³-hybridized carbons (Fsp3) is 0.455. The Bertz CT molecular complexity index is 376. The number of aromatic nitrogens is 1. The second-order valence-corrected chi connectivity index (χ2v) is 3.85. The van der Waals surface area contributed by atoms with Crippen LogP contribution in [-0.2, 0) is 11.3 Å². The number of amides is 1. The normalized spacial score (nSPS) is 11.6. The summed E-state index contributed by atoms with van der Waals surface area (Å²) in [6.45, 7) is 2.93. The van der Waals surface area contributed by atoms with Crippen LogP contribution in [0.1, 0.15) is 19.5 Å². The summed E-state index contributed by atoms with van der Waals surface area (Å²) in [5.74, 6) is -1.84. The molecule has 0 saturated carbocycles. The highest BCUT2D eigenvalue weighted by atomic mass is 19.4. The monoisotopic (exact) mass is 246 g/mol. The lowest BCUT2D eigenvalue weighted by atomic mass is 10.2. The van der Waals surface area contributed by atoms with Crippen LogP contribution in [0.3, 0.4) is 0 Å². The second-order valence-electron chi connectivity index (χ2n) is 3.85. The van der Waals surface area contributed by atoms with Gasteiger partial charge in [0.25, 0.3) is 0 Å². The standard InChI is InChI=1S/C11H13F3N2O/c1-8(2)16(10(17)11(12,13)14)7-9-5-3-4-6-15-9/h3-6,8H,7H2,1-2H3. The van der Waals surface area contributed by atoms with Gasteiger partial charge in [0.2, 0.25) is 0 Å². The molecule has 17 heavy (non-hydrogen) atoms. The summed E-state index contributed by atoms with van der Waals surface area (Å²) >= 11 is 0. The minimum absolute atomic E-state index is 0.142. The third-order valence-electron chi connectivity index (χ3n) is 2.19. The highest BCUT2D eigenvalue weighted by molar-refractivity contribution is 5.82. The number of halogens is 3. The maximum Gasteiger partial charge on any atom is 0.471 e. The first-order valence-corrected chi connectivity index (χ1v) is 5.10. The van der Waals surface area contributed by atoms with E-state index < -0.39 is 18.1 Å². The third-order valence-corrected chi connectivity index (χ3v) is 2.19. The summed E-state index contributed by atoms with van der Waals surface area (Å²) in [5, 5.41) is 0. The summed E-state index contributed by atoms with van der Waals surface area (Å²) in [6, 6.07) is 4.37. The van der Waals surface area contributed by atoms with E-state index in [-0.39, 0.29) is 6.54 Å². The second kappa shape index (κ2) is 5.16. The number of hydrogen-bond acceptors (Lipinski definition) is 2. The van der Waals surface area contributed by atoms with Crippen molar-refractivity contribution in [2.75, 3.05) is 0 Å². The van der Waals surface area contributed by atoms with Crippen LogP contribution in [0.25, 0.3) is 0 Å². The molecule has 6 heteroatoms. The van der Waals surface area contributed by atoms with Gasteiger partial charge in [0.15, 0.2) is 0 Å². The SMILES string of the molecule is CC(C)N(Cc1ccccn1)C(=O)C(F)(F)F. The summed E-state index contributed by atoms with van der Waals surface area (Å²) in [7, 11) is 0. The molecule has 1 aromatic heterocycles. The molecular formula is C11H13F3N2O. The number of rotatable bonds is 3. The molecule has 1 aromatic rings. The van der Waals surface area contributed by atoms with Gasteiger partial charge in [0.1, 0.15) is 0 Å². The molecule has 0 radical (unpaired) electrons. The Morgan fingerprint density at radius 1 is 1.41 bits per heavy atom. The van der Waals surface area contributed by atoms with Gasteiger partial charge in [-0.15, -0.1) is 0 Å². The van der Waals surface area contributed by atoms with Gasteiger partial charge in [-0.05, 0) is 26.0 Å². The Hall–Kier alpha value is -1.59. The van der Waals surface area contributed by atoms with E-state index in [0.717, 1.165) is 4.90 Å². The summed E-state index contributed by atoms with van der Waals surface area (Å²) in [4.78, 5) is 15.8. The zero-order valence-corrected chi connectivity index (χ0v) is 9.53. The first-order chi connectivity index (χ1) is 7.82. The van der Waals surface area contributed by atoms with Crippen molar-refractivity contribution in [2.24, 2.45) is 0 Å². The predicted molar refractivity (Wildman–Crippen MR) is 56.0 cm³/mol. The maximum absolute atomic E-state index is 12.4. The number of alkyl halides is 3. The molecule has 1 rings (SSSR count). The Labute approximate surface area is 97.3 Å². The van der Waals surface area contributed by atoms with Crippen molar-refractivity contribution < 1.29 is 18.0 Å². The van der Waals surface area contributed by atoms with Crippen LogP contribution < -0.4 is 0 Å². The minimum Gasteiger partial charge on any atom is -0.327 e. The number of hydrogen-bond donors (Lipinski definition) is 0. The number of carbonyl (C=O) groups excluding carboxylic acids is 1. The molecule has 94 valence electrons. The fourth-order valence-corrected chi connectivity index (χ4v) is 1.32. The molecule has 0 N–H and O–H groups in total. The molecule has 0 unspecified atom stereocenters. The van der Waals surface area contributed by atoms with Crippen LogP contribution in [-0.4, -0.2) is 28.0 Å². The van der Waals surface area contributed by atoms with Crippen molar-refractivity contribution in [3.8, 4) is 0 Å². The molecule has 0 aliphatic rings. The number of pyridine rings is 1. The Balaban J connectivity index is 2.85. The fourth-order valence-electron chi connectivity index (χ4n) is 1.32. The van der Waals surface area contributed by atoms with Crippen LogP contribution in [0.2, 0.25) is 0 Å². The molecule has 0 spiro atoms. The Kier molecular flexibility index (Phi) is 4.09. The third kappa shape index (κ3) is 3.72. The zero-order chi connectivity index (χ0) is 13.1. The lowest BCUT2D eigenvalue weighted by molar-refractivity contribution is -0.188. The van der Waals surface area contributed by atoms with E-state index in [1.807, 2.05) is 0 Å². The van der Waals surface area contributed by atoms with E-state index in [1.165, 1.54) is 20.0 Å². The summed E-state index contributed by atoms with van der Waals surface area (Å²) in [6.07, 6.45) is -3.37. The van der Waals surface area contributed by atoms with Gasteiger partial charge < -0.3 is 4.90 Å². The van der Waals surface area contributed by atoms with Gasteiger partial charge in [0.05, 0.1) is 12.2 Å². The molecule has 1 heterocycles. The smallest absolute Gasteiger partial charge is 0.327 e. The molecule has 0 aromatic carbocycles. The van der Waals surface area contributed by atoms with Crippen molar-refractivity contribution >= 4 is 5.91 Å². The van der Waals surface area contributed by atoms with Crippen molar-refractivity contribution in [3.05, 3.63) is 30.1 Å². The van der Waals surface area contributed by atoms with Crippen molar-refractivity contribution in [2.45, 2.75) is 32.6 Å². The lowest BCUT2D eigenvalue weighted by Crippen LogP contribution is -2.44. The number of carbonyl (C=O) groups is 1. The van der Waals surface area contributed by atoms with Crippen molar-refractivity contribution in [1.82, 2.24) is 9.88 Å². The van der Waals surface area contributed by atoms with Gasteiger partial charge in [0, 0.05) is 12.2 Å². The maximum atomic E-state index is 12.4. The summed E-state index contributed by atoms with van der Waals surface area (Å²) < 4.78 is 37.1. The van der Waals surface area contributed by atoms with Gasteiger partial charge in [-0.2, -0.15) is 13.2 Å². The first-order valence-electron chi connectivity index (χ1n) is 5.10. The Morgan fingerprint density at radius 2 is 2.06 bits per heavy atom. The predicted octanol–water partition coefficient (Wildman–Crippen LogP) is 2.38. The highest BCUT2D eigenvalue weighted by Crippen LogP contribution is 2.21. The first kappa shape index (κ1) is 13.5. The molecule has 0 saturated heterocycles. The molecular weight excluding hydrogens is 233 g/mol. The average molecular weight is 246 g/mol. The van der Waals surface area contributed by atoms with E-state index in [0.29, 0.717) is 5.69 Å². The van der Waals surface area contributed by atoms with Gasteiger partial charge >= 0.3 is 12.1 Å². The highest BCUT2D eigenvalue weighted by Gasteiger charge is 2.43. The molecule has 0 atom stereocenters. The largest absolute Gasteiger partial charge is 0.471 e. The zero-order valence-electron chi connectivity index (χ0n) is 9.53. The molecule has 3 nitrogen and oxygen atoms in total. The van der Waals surface area contributed by atoms with Gasteiger partial charge in [-0.25, -0.2) is 0 Å². The topological polar surface area (TPSA) is 33.2 Å². The Morgan fingerprint density at radius 3 is 2.47 bits per heavy atom. The van der Waals surface area contributed by atoms with Crippen LogP contribution in [0.4, 0.5) is 13.2 Å². The number of nitrogens with zero attached hydrogens (tertiary/aromatic N) is 2. The van der Waals surface area contributed by atoms with Crippen LogP contribution in [0.5, 0.6) is 0 Å². The lowest BCUT2D eigenvalue weighted by Gasteiger charge is -2.27. The molecule has 0 fully saturated rings. The van der Waals surface area contributed by atoms with E-state index in [2.05, 4.69) is 4.98 Å². The van der Waals surface area contributed by atoms with Crippen LogP contribution in [0, 0.1) is 0 Å². The van der Waals surface area contributed by atoms with E-state index in [4.69, 9.17) is 0 Å². The van der Waals surface area contributed by atoms with Crippen molar-refractivity contribution in [3.63, 3.8) is 0 Å². The minimum atomic E-state index is -4.85. The van der Waals surface area contributed by atoms with Gasteiger partial charge in [-0.3, -0.25) is 9.78 Å². The van der Waals surface area contributed by atoms with E-state index >= 15 is 0 Å². The van der Waals surface area contributed by atoms with Crippen molar-refractivity contribution in [1.29, 1.82) is 0 Å². The molecule has 0 bridgehead atoms. The van der Waals surface area contributed by atoms with Crippen LogP contribution in [0.15, 0.2) is 24.4 Å². The molecule has 0 aliphatic carbocycles. The van der Waals surface area contributed by atoms with E-state index in [1.54, 1.807) is 18.2 Å². The van der Waals surface area contributed by atoms with E-state index in [9.17, 15) is 18.0 Å². The van der Waals surface area contributed by atoms with Gasteiger partial charge in [-0.1, -0.05) is 6.07 Å². The van der Waals surface area contributed by atoms with Crippen LogP contribution >= 0.6 is 0 Å². The summed E-state index contributed by atoms with van der Waals surface area (Å²) in [5.41, 5.74) is 0.429. The molecule has 0 aliphatic heterocycles.